The van der Waals surface area contributed by atoms with Gasteiger partial charge in [0.25, 0.3) is 0 Å². The van der Waals surface area contributed by atoms with Crippen LogP contribution in [0.4, 0.5) is 4.39 Å². The molecular weight excluding hydrogens is 383 g/mol. The third kappa shape index (κ3) is 7.06. The average molecular weight is 415 g/mol. The average Bonchev–Trinajstić information content (AvgIpc) is 2.73. The van der Waals surface area contributed by atoms with Gasteiger partial charge >= 0.3 is 0 Å². The van der Waals surface area contributed by atoms with Crippen LogP contribution in [-0.2, 0) is 11.2 Å². The number of likely N-dealkylation sites (N-methyl/N-ethyl adjacent to an activating group) is 1. The van der Waals surface area contributed by atoms with E-state index in [0.29, 0.717) is 18.1 Å². The first kappa shape index (κ1) is 23.2. The van der Waals surface area contributed by atoms with E-state index >= 15 is 0 Å². The van der Waals surface area contributed by atoms with E-state index < -0.39 is 0 Å². The number of rotatable bonds is 8. The van der Waals surface area contributed by atoms with Gasteiger partial charge in [-0.15, -0.1) is 0 Å². The molecule has 1 atom stereocenters. The normalized spacial score (nSPS) is 12.3. The van der Waals surface area contributed by atoms with Gasteiger partial charge < -0.3 is 20.3 Å². The van der Waals surface area contributed by atoms with Crippen LogP contribution < -0.4 is 15.4 Å². The van der Waals surface area contributed by atoms with Crippen LogP contribution in [0.2, 0.25) is 0 Å². The molecule has 0 fully saturated rings. The molecule has 1 unspecified atom stereocenters. The fraction of sp³-hybridized carbons (Fsp3) is 0.391. The van der Waals surface area contributed by atoms with Gasteiger partial charge in [0.15, 0.2) is 5.96 Å². The Hall–Kier alpha value is -3.09. The molecule has 0 radical (unpaired) electrons. The largest absolute Gasteiger partial charge is 0.497 e. The Balaban J connectivity index is 2.04. The van der Waals surface area contributed by atoms with E-state index in [1.807, 2.05) is 37.3 Å². The number of aliphatic imine (C=N–C) groups is 1. The molecule has 0 saturated heterocycles. The standard InChI is InChI=1S/C23H31FN4O2/c1-16-6-9-19(14-21(16)24)17(2)27-23(26-15-22(29)28(3)4)25-13-12-18-7-10-20(30-5)11-8-18/h6-11,14,17H,12-13,15H2,1-5H3,(H2,25,26,27). The predicted octanol–water partition coefficient (Wildman–Crippen LogP) is 3.07. The lowest BCUT2D eigenvalue weighted by molar-refractivity contribution is -0.127. The van der Waals surface area contributed by atoms with E-state index in [-0.39, 0.29) is 24.3 Å². The third-order valence-electron chi connectivity index (χ3n) is 4.79. The number of carbonyl (C=O) groups excluding carboxylic acids is 1. The summed E-state index contributed by atoms with van der Waals surface area (Å²) in [5.41, 5.74) is 2.57. The van der Waals surface area contributed by atoms with Crippen LogP contribution in [0.3, 0.4) is 0 Å². The van der Waals surface area contributed by atoms with E-state index in [4.69, 9.17) is 4.74 Å². The van der Waals surface area contributed by atoms with Crippen molar-refractivity contribution in [3.8, 4) is 5.75 Å². The maximum atomic E-state index is 13.9. The summed E-state index contributed by atoms with van der Waals surface area (Å²) in [7, 11) is 5.03. The molecule has 0 saturated carbocycles. The van der Waals surface area contributed by atoms with Crippen molar-refractivity contribution in [3.63, 3.8) is 0 Å². The third-order valence-corrected chi connectivity index (χ3v) is 4.79. The number of carbonyl (C=O) groups is 1. The first-order chi connectivity index (χ1) is 14.3. The highest BCUT2D eigenvalue weighted by atomic mass is 19.1. The van der Waals surface area contributed by atoms with Crippen LogP contribution in [0.1, 0.15) is 29.7 Å². The van der Waals surface area contributed by atoms with Crippen molar-refractivity contribution in [2.45, 2.75) is 26.3 Å². The molecule has 162 valence electrons. The molecule has 2 aromatic rings. The summed E-state index contributed by atoms with van der Waals surface area (Å²) in [4.78, 5) is 17.8. The molecule has 0 heterocycles. The van der Waals surface area contributed by atoms with Crippen LogP contribution in [0.25, 0.3) is 0 Å². The number of nitrogens with zero attached hydrogens (tertiary/aromatic N) is 2. The summed E-state index contributed by atoms with van der Waals surface area (Å²) >= 11 is 0. The number of halogens is 1. The molecule has 7 heteroatoms. The number of benzene rings is 2. The first-order valence-corrected chi connectivity index (χ1v) is 9.94. The fourth-order valence-electron chi connectivity index (χ4n) is 2.72. The zero-order valence-electron chi connectivity index (χ0n) is 18.3. The van der Waals surface area contributed by atoms with Crippen molar-refractivity contribution < 1.29 is 13.9 Å². The Labute approximate surface area is 178 Å². The van der Waals surface area contributed by atoms with Gasteiger partial charge in [0, 0.05) is 20.6 Å². The maximum absolute atomic E-state index is 13.9. The lowest BCUT2D eigenvalue weighted by Gasteiger charge is -2.19. The lowest BCUT2D eigenvalue weighted by atomic mass is 10.1. The molecule has 0 aliphatic rings. The van der Waals surface area contributed by atoms with Crippen LogP contribution in [0, 0.1) is 12.7 Å². The monoisotopic (exact) mass is 414 g/mol. The summed E-state index contributed by atoms with van der Waals surface area (Å²) in [5.74, 6) is 0.986. The SMILES string of the molecule is COc1ccc(CCNC(=NCC(=O)N(C)C)NC(C)c2ccc(C)c(F)c2)cc1. The summed E-state index contributed by atoms with van der Waals surface area (Å²) in [6.07, 6.45) is 0.778. The quantitative estimate of drug-likeness (QED) is 0.515. The minimum absolute atomic E-state index is 0.0276. The number of methoxy groups -OCH3 is 1. The highest BCUT2D eigenvalue weighted by Gasteiger charge is 2.11. The topological polar surface area (TPSA) is 66.0 Å². The molecule has 0 aliphatic carbocycles. The second-order valence-electron chi connectivity index (χ2n) is 7.35. The molecule has 0 bridgehead atoms. The van der Waals surface area contributed by atoms with Crippen LogP contribution in [-0.4, -0.2) is 51.1 Å². The number of amides is 1. The number of ether oxygens (including phenoxy) is 1. The van der Waals surface area contributed by atoms with Crippen LogP contribution in [0.15, 0.2) is 47.5 Å². The van der Waals surface area contributed by atoms with Gasteiger partial charge in [-0.25, -0.2) is 9.38 Å². The predicted molar refractivity (Wildman–Crippen MR) is 118 cm³/mol. The van der Waals surface area contributed by atoms with Gasteiger partial charge in [0.1, 0.15) is 18.1 Å². The van der Waals surface area contributed by atoms with Gasteiger partial charge in [-0.3, -0.25) is 4.79 Å². The zero-order valence-corrected chi connectivity index (χ0v) is 18.3. The van der Waals surface area contributed by atoms with Gasteiger partial charge in [-0.05, 0) is 55.2 Å². The molecular formula is C23H31FN4O2. The van der Waals surface area contributed by atoms with E-state index in [1.165, 1.54) is 11.0 Å². The van der Waals surface area contributed by atoms with E-state index in [9.17, 15) is 9.18 Å². The van der Waals surface area contributed by atoms with Crippen molar-refractivity contribution in [2.75, 3.05) is 34.3 Å². The molecule has 6 nitrogen and oxygen atoms in total. The van der Waals surface area contributed by atoms with E-state index in [0.717, 1.165) is 23.3 Å². The molecule has 0 aromatic heterocycles. The number of guanidine groups is 1. The molecule has 2 aromatic carbocycles. The molecule has 0 aliphatic heterocycles. The highest BCUT2D eigenvalue weighted by Crippen LogP contribution is 2.16. The van der Waals surface area contributed by atoms with Gasteiger partial charge in [-0.2, -0.15) is 0 Å². The Bertz CT molecular complexity index is 866. The smallest absolute Gasteiger partial charge is 0.243 e. The number of nitrogens with one attached hydrogen (secondary N) is 2. The van der Waals surface area contributed by atoms with Crippen molar-refractivity contribution in [1.82, 2.24) is 15.5 Å². The van der Waals surface area contributed by atoms with Gasteiger partial charge in [-0.1, -0.05) is 24.3 Å². The number of hydrogen-bond acceptors (Lipinski definition) is 3. The molecule has 2 rings (SSSR count). The Kier molecular flexibility index (Phi) is 8.65. The second-order valence-corrected chi connectivity index (χ2v) is 7.35. The van der Waals surface area contributed by atoms with Crippen molar-refractivity contribution in [3.05, 3.63) is 65.0 Å². The molecule has 0 spiro atoms. The Morgan fingerprint density at radius 3 is 2.50 bits per heavy atom. The first-order valence-electron chi connectivity index (χ1n) is 9.94. The minimum atomic E-state index is -0.241. The van der Waals surface area contributed by atoms with Crippen molar-refractivity contribution in [1.29, 1.82) is 0 Å². The minimum Gasteiger partial charge on any atom is -0.497 e. The zero-order chi connectivity index (χ0) is 22.1. The Morgan fingerprint density at radius 2 is 1.90 bits per heavy atom. The Morgan fingerprint density at radius 1 is 1.20 bits per heavy atom. The molecule has 30 heavy (non-hydrogen) atoms. The summed E-state index contributed by atoms with van der Waals surface area (Å²) in [6, 6.07) is 12.9. The van der Waals surface area contributed by atoms with Gasteiger partial charge in [0.05, 0.1) is 13.2 Å². The summed E-state index contributed by atoms with van der Waals surface area (Å²) in [6.45, 7) is 4.32. The fourth-order valence-corrected chi connectivity index (χ4v) is 2.72. The lowest BCUT2D eigenvalue weighted by Crippen LogP contribution is -2.40. The van der Waals surface area contributed by atoms with Crippen molar-refractivity contribution >= 4 is 11.9 Å². The van der Waals surface area contributed by atoms with Crippen LogP contribution in [0.5, 0.6) is 5.75 Å². The second kappa shape index (κ2) is 11.2. The summed E-state index contributed by atoms with van der Waals surface area (Å²) < 4.78 is 19.1. The number of aryl methyl sites for hydroxylation is 1. The summed E-state index contributed by atoms with van der Waals surface area (Å²) in [5, 5.41) is 6.52. The molecule has 2 N–H and O–H groups in total. The number of hydrogen-bond donors (Lipinski definition) is 2. The van der Waals surface area contributed by atoms with E-state index in [2.05, 4.69) is 15.6 Å². The highest BCUT2D eigenvalue weighted by molar-refractivity contribution is 5.85. The van der Waals surface area contributed by atoms with Crippen molar-refractivity contribution in [2.24, 2.45) is 4.99 Å². The molecule has 1 amide bonds. The maximum Gasteiger partial charge on any atom is 0.243 e. The van der Waals surface area contributed by atoms with Gasteiger partial charge in [0.2, 0.25) is 5.91 Å². The van der Waals surface area contributed by atoms with E-state index in [1.54, 1.807) is 34.2 Å². The van der Waals surface area contributed by atoms with Crippen LogP contribution >= 0.6 is 0 Å².